The molecule has 1 aromatic heterocycles. The summed E-state index contributed by atoms with van der Waals surface area (Å²) in [6.07, 6.45) is 4.32. The first kappa shape index (κ1) is 17.5. The van der Waals surface area contributed by atoms with Gasteiger partial charge in [0.15, 0.2) is 0 Å². The third kappa shape index (κ3) is 4.03. The minimum absolute atomic E-state index is 0.0177. The van der Waals surface area contributed by atoms with Crippen LogP contribution in [0.25, 0.3) is 10.9 Å². The van der Waals surface area contributed by atoms with Gasteiger partial charge in [0.1, 0.15) is 10.6 Å². The van der Waals surface area contributed by atoms with Gasteiger partial charge >= 0.3 is 0 Å². The lowest BCUT2D eigenvalue weighted by molar-refractivity contribution is 0.308. The number of nitrogens with one attached hydrogen (secondary N) is 1. The first-order chi connectivity index (χ1) is 12.0. The summed E-state index contributed by atoms with van der Waals surface area (Å²) in [5.41, 5.74) is 2.88. The Bertz CT molecular complexity index is 976. The van der Waals surface area contributed by atoms with E-state index in [1.807, 2.05) is 24.4 Å². The van der Waals surface area contributed by atoms with Crippen molar-refractivity contribution in [3.8, 4) is 5.75 Å². The van der Waals surface area contributed by atoms with Crippen LogP contribution in [-0.4, -0.2) is 25.1 Å². The van der Waals surface area contributed by atoms with Crippen molar-refractivity contribution in [2.75, 3.05) is 6.61 Å². The van der Waals surface area contributed by atoms with Gasteiger partial charge in [-0.1, -0.05) is 24.3 Å². The molecule has 0 aliphatic carbocycles. The van der Waals surface area contributed by atoms with Gasteiger partial charge in [0.05, 0.1) is 6.61 Å². The Labute approximate surface area is 147 Å². The molecule has 25 heavy (non-hydrogen) atoms. The van der Waals surface area contributed by atoms with E-state index in [2.05, 4.69) is 11.1 Å². The quantitative estimate of drug-likeness (QED) is 0.495. The van der Waals surface area contributed by atoms with Crippen LogP contribution in [0.15, 0.2) is 53.6 Å². The summed E-state index contributed by atoms with van der Waals surface area (Å²) in [4.78, 5) is 3.25. The SMILES string of the molecule is Cc1ccc(O)cc1S(=O)(=O)OCCCCc1c[nH]c2ccccc12. The fraction of sp³-hybridized carbons (Fsp3) is 0.263. The molecular formula is C19H21NO4S. The van der Waals surface area contributed by atoms with E-state index in [9.17, 15) is 13.5 Å². The van der Waals surface area contributed by atoms with Crippen LogP contribution in [0.5, 0.6) is 5.75 Å². The second kappa shape index (κ2) is 7.29. The molecule has 0 unspecified atom stereocenters. The fourth-order valence-electron chi connectivity index (χ4n) is 2.85. The van der Waals surface area contributed by atoms with Crippen molar-refractivity contribution < 1.29 is 17.7 Å². The molecule has 0 atom stereocenters. The molecular weight excluding hydrogens is 338 g/mol. The molecule has 1 heterocycles. The molecule has 0 spiro atoms. The summed E-state index contributed by atoms with van der Waals surface area (Å²) < 4.78 is 29.6. The largest absolute Gasteiger partial charge is 0.508 e. The van der Waals surface area contributed by atoms with Crippen LogP contribution in [0.1, 0.15) is 24.0 Å². The van der Waals surface area contributed by atoms with Gasteiger partial charge < -0.3 is 10.1 Å². The first-order valence-corrected chi connectivity index (χ1v) is 9.62. The zero-order chi connectivity index (χ0) is 17.9. The van der Waals surface area contributed by atoms with Crippen molar-refractivity contribution in [1.82, 2.24) is 4.98 Å². The van der Waals surface area contributed by atoms with Crippen LogP contribution in [0.3, 0.4) is 0 Å². The molecule has 0 radical (unpaired) electrons. The van der Waals surface area contributed by atoms with Crippen molar-refractivity contribution >= 4 is 21.0 Å². The molecule has 0 saturated heterocycles. The van der Waals surface area contributed by atoms with Gasteiger partial charge in [-0.3, -0.25) is 4.18 Å². The second-order valence-corrected chi connectivity index (χ2v) is 7.63. The molecule has 0 bridgehead atoms. The lowest BCUT2D eigenvalue weighted by Crippen LogP contribution is -2.09. The van der Waals surface area contributed by atoms with Gasteiger partial charge in [-0.25, -0.2) is 0 Å². The molecule has 6 heteroatoms. The summed E-state index contributed by atoms with van der Waals surface area (Å²) in [5.74, 6) is -0.0906. The molecule has 0 amide bonds. The molecule has 0 fully saturated rings. The lowest BCUT2D eigenvalue weighted by Gasteiger charge is -2.08. The number of para-hydroxylation sites is 1. The fourth-order valence-corrected chi connectivity index (χ4v) is 4.04. The van der Waals surface area contributed by atoms with Gasteiger partial charge in [-0.15, -0.1) is 0 Å². The minimum atomic E-state index is -3.85. The normalized spacial score (nSPS) is 11.9. The highest BCUT2D eigenvalue weighted by Gasteiger charge is 2.18. The van der Waals surface area contributed by atoms with Gasteiger partial charge in [0.2, 0.25) is 0 Å². The highest BCUT2D eigenvalue weighted by Crippen LogP contribution is 2.23. The molecule has 2 aromatic carbocycles. The number of hydrogen-bond donors (Lipinski definition) is 2. The van der Waals surface area contributed by atoms with E-state index in [0.717, 1.165) is 18.4 Å². The van der Waals surface area contributed by atoms with Crippen molar-refractivity contribution in [1.29, 1.82) is 0 Å². The van der Waals surface area contributed by atoms with Gasteiger partial charge in [0, 0.05) is 23.2 Å². The number of rotatable bonds is 7. The Hall–Kier alpha value is -2.31. The predicted molar refractivity (Wildman–Crippen MR) is 97.2 cm³/mol. The van der Waals surface area contributed by atoms with Crippen LogP contribution in [0.4, 0.5) is 0 Å². The number of benzene rings is 2. The highest BCUT2D eigenvalue weighted by molar-refractivity contribution is 7.86. The topological polar surface area (TPSA) is 79.4 Å². The second-order valence-electron chi connectivity index (χ2n) is 6.04. The van der Waals surface area contributed by atoms with Crippen LogP contribution in [0.2, 0.25) is 0 Å². The lowest BCUT2D eigenvalue weighted by atomic mass is 10.1. The Morgan fingerprint density at radius 2 is 1.92 bits per heavy atom. The number of phenolic OH excluding ortho intramolecular Hbond substituents is 1. The van der Waals surface area contributed by atoms with Crippen molar-refractivity contribution in [2.24, 2.45) is 0 Å². The van der Waals surface area contributed by atoms with Gasteiger partial charge in [-0.2, -0.15) is 8.42 Å². The Morgan fingerprint density at radius 3 is 2.76 bits per heavy atom. The molecule has 0 saturated carbocycles. The number of fused-ring (bicyclic) bond motifs is 1. The first-order valence-electron chi connectivity index (χ1n) is 8.21. The number of hydrogen-bond acceptors (Lipinski definition) is 4. The van der Waals surface area contributed by atoms with E-state index in [0.29, 0.717) is 12.0 Å². The maximum Gasteiger partial charge on any atom is 0.297 e. The monoisotopic (exact) mass is 359 g/mol. The number of unbranched alkanes of at least 4 members (excludes halogenated alkanes) is 1. The summed E-state index contributed by atoms with van der Waals surface area (Å²) in [7, 11) is -3.85. The van der Waals surface area contributed by atoms with Crippen molar-refractivity contribution in [3.05, 3.63) is 59.8 Å². The summed E-state index contributed by atoms with van der Waals surface area (Å²) in [5, 5.41) is 10.7. The number of phenols is 1. The molecule has 132 valence electrons. The van der Waals surface area contributed by atoms with E-state index >= 15 is 0 Å². The van der Waals surface area contributed by atoms with Crippen LogP contribution in [-0.2, 0) is 20.7 Å². The summed E-state index contributed by atoms with van der Waals surface area (Å²) in [6, 6.07) is 12.3. The maximum atomic E-state index is 12.2. The standard InChI is InChI=1S/C19H21NO4S/c1-14-9-10-16(21)12-19(14)25(22,23)24-11-5-4-6-15-13-20-18-8-3-2-7-17(15)18/h2-3,7-10,12-13,20-21H,4-6,11H2,1H3. The van der Waals surface area contributed by atoms with Crippen LogP contribution in [0, 0.1) is 6.92 Å². The van der Waals surface area contributed by atoms with E-state index < -0.39 is 10.1 Å². The van der Waals surface area contributed by atoms with E-state index in [1.54, 1.807) is 13.0 Å². The summed E-state index contributed by atoms with van der Waals surface area (Å²) in [6.45, 7) is 1.80. The predicted octanol–water partition coefficient (Wildman–Crippen LogP) is 3.91. The molecule has 5 nitrogen and oxygen atoms in total. The molecule has 0 aliphatic heterocycles. The average molecular weight is 359 g/mol. The average Bonchev–Trinajstić information content (AvgIpc) is 3.00. The molecule has 0 aliphatic rings. The zero-order valence-corrected chi connectivity index (χ0v) is 14.8. The smallest absolute Gasteiger partial charge is 0.297 e. The van der Waals surface area contributed by atoms with Crippen molar-refractivity contribution in [2.45, 2.75) is 31.1 Å². The Kier molecular flexibility index (Phi) is 5.11. The Morgan fingerprint density at radius 1 is 1.12 bits per heavy atom. The molecule has 3 aromatic rings. The van der Waals surface area contributed by atoms with E-state index in [4.69, 9.17) is 4.18 Å². The Balaban J connectivity index is 1.53. The summed E-state index contributed by atoms with van der Waals surface area (Å²) >= 11 is 0. The molecule has 2 N–H and O–H groups in total. The maximum absolute atomic E-state index is 12.2. The third-order valence-corrected chi connectivity index (χ3v) is 5.65. The number of aromatic hydroxyl groups is 1. The van der Waals surface area contributed by atoms with Crippen molar-refractivity contribution in [3.63, 3.8) is 0 Å². The molecule has 3 rings (SSSR count). The third-order valence-electron chi connectivity index (χ3n) is 4.19. The number of aryl methyl sites for hydroxylation is 2. The van der Waals surface area contributed by atoms with Crippen LogP contribution >= 0.6 is 0 Å². The van der Waals surface area contributed by atoms with Crippen LogP contribution < -0.4 is 0 Å². The van der Waals surface area contributed by atoms with E-state index in [1.165, 1.54) is 23.1 Å². The van der Waals surface area contributed by atoms with Gasteiger partial charge in [-0.05, 0) is 49.4 Å². The van der Waals surface area contributed by atoms with Gasteiger partial charge in [0.25, 0.3) is 10.1 Å². The number of aromatic amines is 1. The highest BCUT2D eigenvalue weighted by atomic mass is 32.2. The number of aromatic nitrogens is 1. The minimum Gasteiger partial charge on any atom is -0.508 e. The van der Waals surface area contributed by atoms with E-state index in [-0.39, 0.29) is 17.3 Å². The number of H-pyrrole nitrogens is 1. The zero-order valence-electron chi connectivity index (χ0n) is 14.0.